The van der Waals surface area contributed by atoms with Gasteiger partial charge < -0.3 is 11.1 Å². The highest BCUT2D eigenvalue weighted by molar-refractivity contribution is 8.02. The van der Waals surface area contributed by atoms with Gasteiger partial charge in [-0.1, -0.05) is 12.7 Å². The minimum Gasteiger partial charge on any atom is -0.322 e. The third-order valence-electron chi connectivity index (χ3n) is 3.57. The molecule has 0 aliphatic carbocycles. The summed E-state index contributed by atoms with van der Waals surface area (Å²) in [5.74, 6) is 1.10. The zero-order chi connectivity index (χ0) is 19.7. The number of amides is 1. The zero-order valence-electron chi connectivity index (χ0n) is 14.3. The number of hydrogen-bond acceptors (Lipinski definition) is 9. The van der Waals surface area contributed by atoms with E-state index in [2.05, 4.69) is 23.6 Å². The molecule has 1 fully saturated rings. The number of thioether (sulfide) groups is 2. The van der Waals surface area contributed by atoms with Gasteiger partial charge in [0.2, 0.25) is 5.91 Å². The van der Waals surface area contributed by atoms with E-state index in [0.717, 1.165) is 17.6 Å². The van der Waals surface area contributed by atoms with Gasteiger partial charge in [0.1, 0.15) is 17.1 Å². The summed E-state index contributed by atoms with van der Waals surface area (Å²) in [6.45, 7) is 6.86. The largest absolute Gasteiger partial charge is 0.322 e. The van der Waals surface area contributed by atoms with E-state index in [9.17, 15) is 14.4 Å². The van der Waals surface area contributed by atoms with E-state index in [1.165, 1.54) is 17.2 Å². The maximum atomic E-state index is 11.7. The number of β-lactam (4-membered cyclic amide) rings is 1. The maximum Gasteiger partial charge on any atom is 0.248 e. The van der Waals surface area contributed by atoms with Crippen molar-refractivity contribution in [3.8, 4) is 0 Å². The number of allylic oxidation sites excluding steroid dienone is 3. The van der Waals surface area contributed by atoms with Crippen LogP contribution in [-0.4, -0.2) is 65.9 Å². The van der Waals surface area contributed by atoms with E-state index in [0.29, 0.717) is 17.9 Å². The minimum atomic E-state index is -0.180. The van der Waals surface area contributed by atoms with Gasteiger partial charge in [0.25, 0.3) is 0 Å². The standard InChI is InChI=1S/C10H12N2O2S.C6H9N3OS/c1-3-6-5-15-10-8(11-2)9(14)12(10)7(6)4-13;1-9-6(3-11-4-7)5(8)2-10/h3-4,8,10-11H,1,5H2,2H3;2-3,8H,1,4,7H2/b;6-3-,8-5?. The predicted octanol–water partition coefficient (Wildman–Crippen LogP) is 0.525. The topological polar surface area (TPSA) is 129 Å². The molecule has 0 spiro atoms. The van der Waals surface area contributed by atoms with Crippen molar-refractivity contribution < 1.29 is 14.4 Å². The average Bonchev–Trinajstić information content (AvgIpc) is 2.67. The second-order valence-corrected chi connectivity index (χ2v) is 6.94. The molecule has 26 heavy (non-hydrogen) atoms. The Morgan fingerprint density at radius 1 is 1.58 bits per heavy atom. The Morgan fingerprint density at radius 3 is 2.73 bits per heavy atom. The molecule has 10 heteroatoms. The molecule has 0 radical (unpaired) electrons. The fraction of sp³-hybridized carbons (Fsp3) is 0.312. The van der Waals surface area contributed by atoms with Crippen molar-refractivity contribution in [2.45, 2.75) is 11.4 Å². The van der Waals surface area contributed by atoms with Gasteiger partial charge in [0, 0.05) is 17.0 Å². The Bertz CT molecular complexity index is 675. The highest BCUT2D eigenvalue weighted by Crippen LogP contribution is 2.39. The quantitative estimate of drug-likeness (QED) is 0.237. The molecule has 2 heterocycles. The van der Waals surface area contributed by atoms with Crippen molar-refractivity contribution in [1.82, 2.24) is 10.2 Å². The van der Waals surface area contributed by atoms with Crippen LogP contribution < -0.4 is 11.1 Å². The van der Waals surface area contributed by atoms with Crippen LogP contribution in [0.1, 0.15) is 0 Å². The SMILES string of the molecule is C=CC1=C(C=O)N2C(=O)C(NC)C2SC1.C=N/C(=C\SCN)C(=N)C=O. The highest BCUT2D eigenvalue weighted by Gasteiger charge is 2.50. The normalized spacial score (nSPS) is 21.7. The molecular formula is C16H21N5O3S2. The summed E-state index contributed by atoms with van der Waals surface area (Å²) in [7, 11) is 1.76. The molecule has 2 rings (SSSR count). The summed E-state index contributed by atoms with van der Waals surface area (Å²) in [4.78, 5) is 37.7. The van der Waals surface area contributed by atoms with Crippen molar-refractivity contribution in [2.75, 3.05) is 18.7 Å². The summed E-state index contributed by atoms with van der Waals surface area (Å²) in [5, 5.41) is 11.6. The van der Waals surface area contributed by atoms with Crippen molar-refractivity contribution >= 4 is 54.4 Å². The van der Waals surface area contributed by atoms with Gasteiger partial charge in [-0.25, -0.2) is 0 Å². The summed E-state index contributed by atoms with van der Waals surface area (Å²) in [6, 6.07) is -0.156. The first-order valence-electron chi connectivity index (χ1n) is 7.45. The third-order valence-corrected chi connectivity index (χ3v) is 5.45. The van der Waals surface area contributed by atoms with Crippen molar-refractivity contribution in [3.05, 3.63) is 35.0 Å². The molecule has 0 aromatic rings. The number of fused-ring (bicyclic) bond motifs is 1. The van der Waals surface area contributed by atoms with E-state index in [4.69, 9.17) is 11.1 Å². The number of nitrogens with one attached hydrogen (secondary N) is 2. The molecule has 1 saturated heterocycles. The average molecular weight is 396 g/mol. The molecule has 2 unspecified atom stereocenters. The monoisotopic (exact) mass is 395 g/mol. The number of aliphatic imine (C=N–C) groups is 1. The first-order chi connectivity index (χ1) is 12.5. The van der Waals surface area contributed by atoms with Gasteiger partial charge in [0.15, 0.2) is 12.6 Å². The molecule has 0 aromatic carbocycles. The Labute approximate surface area is 160 Å². The molecular weight excluding hydrogens is 374 g/mol. The second kappa shape index (κ2) is 10.9. The number of rotatable bonds is 8. The van der Waals surface area contributed by atoms with Gasteiger partial charge in [-0.2, -0.15) is 0 Å². The van der Waals surface area contributed by atoms with Gasteiger partial charge in [-0.05, 0) is 19.3 Å². The van der Waals surface area contributed by atoms with Crippen molar-refractivity contribution in [3.63, 3.8) is 0 Å². The Kier molecular flexibility index (Phi) is 9.21. The maximum absolute atomic E-state index is 11.7. The number of likely N-dealkylation sites (N-methyl/N-ethyl adjacent to an activating group) is 1. The number of carbonyl (C=O) groups is 3. The second-order valence-electron chi connectivity index (χ2n) is 4.93. The van der Waals surface area contributed by atoms with Crippen molar-refractivity contribution in [1.29, 1.82) is 5.41 Å². The molecule has 0 bridgehead atoms. The van der Waals surface area contributed by atoms with Crippen LogP contribution in [0.4, 0.5) is 0 Å². The number of nitrogens with two attached hydrogens (primary N) is 1. The van der Waals surface area contributed by atoms with E-state index in [-0.39, 0.29) is 28.7 Å². The minimum absolute atomic E-state index is 0.0313. The number of hydrogen-bond donors (Lipinski definition) is 3. The van der Waals surface area contributed by atoms with E-state index >= 15 is 0 Å². The first kappa shape index (κ1) is 22.0. The van der Waals surface area contributed by atoms with E-state index in [1.807, 2.05) is 0 Å². The molecule has 0 aromatic heterocycles. The number of nitrogens with zero attached hydrogens (tertiary/aromatic N) is 2. The van der Waals surface area contributed by atoms with Crippen LogP contribution in [-0.2, 0) is 14.4 Å². The van der Waals surface area contributed by atoms with Gasteiger partial charge in [0.05, 0.1) is 11.4 Å². The molecule has 2 aliphatic heterocycles. The summed E-state index contributed by atoms with van der Waals surface area (Å²) in [6.07, 6.45) is 2.80. The summed E-state index contributed by atoms with van der Waals surface area (Å²) >= 11 is 2.92. The Balaban J connectivity index is 0.000000276. The molecule has 4 N–H and O–H groups in total. The van der Waals surface area contributed by atoms with Crippen LogP contribution in [0.25, 0.3) is 0 Å². The molecule has 1 amide bonds. The van der Waals surface area contributed by atoms with Gasteiger partial charge >= 0.3 is 0 Å². The number of carbonyl (C=O) groups excluding carboxylic acids is 3. The highest BCUT2D eigenvalue weighted by atomic mass is 32.2. The Morgan fingerprint density at radius 2 is 2.27 bits per heavy atom. The molecule has 2 aliphatic rings. The predicted molar refractivity (Wildman–Crippen MR) is 107 cm³/mol. The number of aldehydes is 2. The molecule has 2 atom stereocenters. The lowest BCUT2D eigenvalue weighted by molar-refractivity contribution is -0.143. The molecule has 140 valence electrons. The van der Waals surface area contributed by atoms with Crippen LogP contribution in [0.5, 0.6) is 0 Å². The third kappa shape index (κ3) is 4.79. The molecule has 0 saturated carbocycles. The Hall–Kier alpha value is -2.01. The van der Waals surface area contributed by atoms with Gasteiger partial charge in [-0.3, -0.25) is 29.7 Å². The van der Waals surface area contributed by atoms with E-state index in [1.54, 1.807) is 29.8 Å². The lowest BCUT2D eigenvalue weighted by Crippen LogP contribution is -2.68. The van der Waals surface area contributed by atoms with Gasteiger partial charge in [-0.15, -0.1) is 23.5 Å². The van der Waals surface area contributed by atoms with Crippen LogP contribution in [0, 0.1) is 5.41 Å². The summed E-state index contributed by atoms with van der Waals surface area (Å²) in [5.41, 5.74) is 6.57. The smallest absolute Gasteiger partial charge is 0.248 e. The molecule has 8 nitrogen and oxygen atoms in total. The van der Waals surface area contributed by atoms with Crippen LogP contribution in [0.2, 0.25) is 0 Å². The van der Waals surface area contributed by atoms with E-state index < -0.39 is 0 Å². The lowest BCUT2D eigenvalue weighted by atomic mass is 10.0. The lowest BCUT2D eigenvalue weighted by Gasteiger charge is -2.49. The first-order valence-corrected chi connectivity index (χ1v) is 9.55. The zero-order valence-corrected chi connectivity index (χ0v) is 15.9. The fourth-order valence-corrected chi connectivity index (χ4v) is 4.11. The van der Waals surface area contributed by atoms with Crippen LogP contribution in [0.15, 0.2) is 40.0 Å². The van der Waals surface area contributed by atoms with Crippen molar-refractivity contribution in [2.24, 2.45) is 10.7 Å². The van der Waals surface area contributed by atoms with Crippen LogP contribution in [0.3, 0.4) is 0 Å². The fourth-order valence-electron chi connectivity index (χ4n) is 2.23. The summed E-state index contributed by atoms with van der Waals surface area (Å²) < 4.78 is 0. The van der Waals surface area contributed by atoms with Crippen LogP contribution >= 0.6 is 23.5 Å².